The van der Waals surface area contributed by atoms with Gasteiger partial charge in [-0.1, -0.05) is 19.2 Å². The molecule has 160 valence electrons. The summed E-state index contributed by atoms with van der Waals surface area (Å²) in [5.41, 5.74) is 5.17. The minimum Gasteiger partial charge on any atom is -0.388 e. The molecule has 0 amide bonds. The minimum absolute atomic E-state index is 0.295. The summed E-state index contributed by atoms with van der Waals surface area (Å²) in [5, 5.41) is 10.3. The van der Waals surface area contributed by atoms with E-state index in [2.05, 4.69) is 39.9 Å². The maximum atomic E-state index is 12.6. The molecular formula is C24H26FN5O. The van der Waals surface area contributed by atoms with E-state index in [0.29, 0.717) is 12.0 Å². The predicted molar refractivity (Wildman–Crippen MR) is 126 cm³/mol. The van der Waals surface area contributed by atoms with Gasteiger partial charge in [0.15, 0.2) is 6.29 Å². The van der Waals surface area contributed by atoms with Crippen LogP contribution in [-0.4, -0.2) is 28.9 Å². The van der Waals surface area contributed by atoms with Gasteiger partial charge in [-0.05, 0) is 67.4 Å². The van der Waals surface area contributed by atoms with E-state index in [1.54, 1.807) is 24.4 Å². The molecule has 3 aromatic rings. The number of aryl methyl sites for hydroxylation is 1. The molecule has 2 N–H and O–H groups in total. The molecule has 0 aliphatic rings. The molecule has 31 heavy (non-hydrogen) atoms. The molecule has 0 unspecified atom stereocenters. The summed E-state index contributed by atoms with van der Waals surface area (Å²) >= 11 is 0. The SMILES string of the molecule is C=CN=C(Nc1cc(NC)ccc1C)C(=C)C.O=Cc1ccn(-c2ccc(F)cc2)n1. The Labute approximate surface area is 181 Å². The Bertz CT molecular complexity index is 1080. The summed E-state index contributed by atoms with van der Waals surface area (Å²) in [4.78, 5) is 14.5. The van der Waals surface area contributed by atoms with Gasteiger partial charge in [0.2, 0.25) is 0 Å². The Hall–Kier alpha value is -4.00. The third kappa shape index (κ3) is 6.78. The van der Waals surface area contributed by atoms with Crippen LogP contribution in [0.3, 0.4) is 0 Å². The first-order valence-electron chi connectivity index (χ1n) is 9.54. The van der Waals surface area contributed by atoms with Crippen molar-refractivity contribution < 1.29 is 9.18 Å². The van der Waals surface area contributed by atoms with Gasteiger partial charge in [0, 0.05) is 30.8 Å². The second-order valence-electron chi connectivity index (χ2n) is 6.62. The van der Waals surface area contributed by atoms with Gasteiger partial charge in [-0.3, -0.25) is 4.79 Å². The summed E-state index contributed by atoms with van der Waals surface area (Å²) in [6.07, 6.45) is 3.82. The fourth-order valence-electron chi connectivity index (χ4n) is 2.52. The number of carbonyl (C=O) groups excluding carboxylic acids is 1. The standard InChI is InChI=1S/C14H19N3.C10H7FN2O/c1-6-16-14(10(2)3)17-13-9-12(15-5)8-7-11(13)4;11-8-1-3-10(4-2-8)13-6-5-9(7-14)12-13/h6-9,15H,1-2H2,3-5H3,(H,16,17);1-7H. The quantitative estimate of drug-likeness (QED) is 0.319. The zero-order valence-corrected chi connectivity index (χ0v) is 17.9. The average molecular weight is 420 g/mol. The molecular weight excluding hydrogens is 393 g/mol. The van der Waals surface area contributed by atoms with E-state index in [1.165, 1.54) is 23.0 Å². The lowest BCUT2D eigenvalue weighted by atomic mass is 10.1. The second kappa shape index (κ2) is 11.3. The summed E-state index contributed by atoms with van der Waals surface area (Å²) in [5.74, 6) is 0.438. The van der Waals surface area contributed by atoms with Crippen molar-refractivity contribution in [1.29, 1.82) is 0 Å². The lowest BCUT2D eigenvalue weighted by molar-refractivity contribution is 0.111. The Morgan fingerprint density at radius 1 is 1.19 bits per heavy atom. The number of aldehydes is 1. The van der Waals surface area contributed by atoms with E-state index in [9.17, 15) is 9.18 Å². The Balaban J connectivity index is 0.000000224. The zero-order chi connectivity index (χ0) is 22.8. The summed E-state index contributed by atoms with van der Waals surface area (Å²) in [6.45, 7) is 11.4. The van der Waals surface area contributed by atoms with Gasteiger partial charge in [-0.2, -0.15) is 5.10 Å². The van der Waals surface area contributed by atoms with E-state index < -0.39 is 0 Å². The van der Waals surface area contributed by atoms with Crippen molar-refractivity contribution in [3.63, 3.8) is 0 Å². The molecule has 0 spiro atoms. The normalized spacial score (nSPS) is 10.5. The molecule has 0 bridgehead atoms. The van der Waals surface area contributed by atoms with Gasteiger partial charge in [0.05, 0.1) is 5.69 Å². The molecule has 1 aromatic heterocycles. The van der Waals surface area contributed by atoms with Crippen molar-refractivity contribution >= 4 is 23.5 Å². The number of halogens is 1. The number of rotatable bonds is 6. The number of nitrogens with one attached hydrogen (secondary N) is 2. The molecule has 2 aromatic carbocycles. The van der Waals surface area contributed by atoms with Crippen LogP contribution in [-0.2, 0) is 0 Å². The van der Waals surface area contributed by atoms with Crippen LogP contribution in [0.15, 0.2) is 84.7 Å². The zero-order valence-electron chi connectivity index (χ0n) is 17.9. The lowest BCUT2D eigenvalue weighted by Crippen LogP contribution is -2.13. The molecule has 0 radical (unpaired) electrons. The largest absolute Gasteiger partial charge is 0.388 e. The van der Waals surface area contributed by atoms with Crippen molar-refractivity contribution in [3.8, 4) is 5.69 Å². The monoisotopic (exact) mass is 419 g/mol. The fraction of sp³-hybridized carbons (Fsp3) is 0.125. The highest BCUT2D eigenvalue weighted by Gasteiger charge is 2.04. The van der Waals surface area contributed by atoms with Crippen LogP contribution in [0.1, 0.15) is 23.0 Å². The maximum absolute atomic E-state index is 12.6. The van der Waals surface area contributed by atoms with Crippen LogP contribution in [0.5, 0.6) is 0 Å². The highest BCUT2D eigenvalue weighted by molar-refractivity contribution is 6.07. The van der Waals surface area contributed by atoms with Gasteiger partial charge in [0.1, 0.15) is 17.3 Å². The lowest BCUT2D eigenvalue weighted by Gasteiger charge is -2.13. The third-order valence-corrected chi connectivity index (χ3v) is 4.23. The van der Waals surface area contributed by atoms with Crippen molar-refractivity contribution in [2.75, 3.05) is 17.7 Å². The topological polar surface area (TPSA) is 71.3 Å². The molecule has 6 nitrogen and oxygen atoms in total. The van der Waals surface area contributed by atoms with E-state index >= 15 is 0 Å². The number of amidine groups is 1. The van der Waals surface area contributed by atoms with E-state index in [-0.39, 0.29) is 5.82 Å². The predicted octanol–water partition coefficient (Wildman–Crippen LogP) is 5.39. The molecule has 0 saturated carbocycles. The van der Waals surface area contributed by atoms with Crippen molar-refractivity contribution in [2.45, 2.75) is 13.8 Å². The van der Waals surface area contributed by atoms with Gasteiger partial charge in [-0.15, -0.1) is 0 Å². The summed E-state index contributed by atoms with van der Waals surface area (Å²) in [7, 11) is 1.89. The molecule has 0 aliphatic heterocycles. The van der Waals surface area contributed by atoms with E-state index in [0.717, 1.165) is 34.0 Å². The van der Waals surface area contributed by atoms with E-state index in [4.69, 9.17) is 0 Å². The third-order valence-electron chi connectivity index (χ3n) is 4.23. The summed E-state index contributed by atoms with van der Waals surface area (Å²) in [6, 6.07) is 13.6. The number of nitrogens with zero attached hydrogens (tertiary/aromatic N) is 3. The van der Waals surface area contributed by atoms with Gasteiger partial charge in [0.25, 0.3) is 0 Å². The van der Waals surface area contributed by atoms with Crippen LogP contribution in [0, 0.1) is 12.7 Å². The Kier molecular flexibility index (Phi) is 8.45. The molecule has 7 heteroatoms. The number of hydrogen-bond acceptors (Lipinski definition) is 4. The first kappa shape index (κ1) is 23.3. The number of carbonyl (C=O) groups is 1. The van der Waals surface area contributed by atoms with Crippen molar-refractivity contribution in [2.24, 2.45) is 4.99 Å². The van der Waals surface area contributed by atoms with Crippen molar-refractivity contribution in [3.05, 3.63) is 96.7 Å². The molecule has 0 atom stereocenters. The number of aliphatic imine (C=N–C) groups is 1. The van der Waals surface area contributed by atoms with Crippen LogP contribution in [0.4, 0.5) is 15.8 Å². The summed E-state index contributed by atoms with van der Waals surface area (Å²) < 4.78 is 14.1. The molecule has 0 saturated heterocycles. The van der Waals surface area contributed by atoms with Crippen molar-refractivity contribution in [1.82, 2.24) is 9.78 Å². The average Bonchev–Trinajstić information content (AvgIpc) is 3.25. The Morgan fingerprint density at radius 2 is 1.90 bits per heavy atom. The smallest absolute Gasteiger partial charge is 0.170 e. The fourth-order valence-corrected chi connectivity index (χ4v) is 2.52. The first-order chi connectivity index (χ1) is 14.9. The van der Waals surface area contributed by atoms with Gasteiger partial charge in [-0.25, -0.2) is 14.1 Å². The maximum Gasteiger partial charge on any atom is 0.170 e. The van der Waals surface area contributed by atoms with Crippen LogP contribution >= 0.6 is 0 Å². The molecule has 0 fully saturated rings. The number of hydrogen-bond donors (Lipinski definition) is 2. The number of benzene rings is 2. The van der Waals surface area contributed by atoms with Crippen LogP contribution < -0.4 is 10.6 Å². The molecule has 1 heterocycles. The first-order valence-corrected chi connectivity index (χ1v) is 9.54. The van der Waals surface area contributed by atoms with E-state index in [1.807, 2.05) is 33.0 Å². The minimum atomic E-state index is -0.295. The molecule has 0 aliphatic carbocycles. The van der Waals surface area contributed by atoms with Gasteiger partial charge >= 0.3 is 0 Å². The van der Waals surface area contributed by atoms with Gasteiger partial charge < -0.3 is 10.6 Å². The number of anilines is 2. The molecule has 3 rings (SSSR count). The second-order valence-corrected chi connectivity index (χ2v) is 6.62. The number of aromatic nitrogens is 2. The van der Waals surface area contributed by atoms with Crippen LogP contribution in [0.2, 0.25) is 0 Å². The Morgan fingerprint density at radius 3 is 2.45 bits per heavy atom. The van der Waals surface area contributed by atoms with Crippen LogP contribution in [0.25, 0.3) is 5.69 Å². The highest BCUT2D eigenvalue weighted by atomic mass is 19.1. The highest BCUT2D eigenvalue weighted by Crippen LogP contribution is 2.20.